The number of anilines is 2. The van der Waals surface area contributed by atoms with Crippen LogP contribution in [0.2, 0.25) is 0 Å². The monoisotopic (exact) mass is 505 g/mol. The molecule has 1 fully saturated rings. The molecule has 9 nitrogen and oxygen atoms in total. The second kappa shape index (κ2) is 12.3. The molecule has 1 saturated heterocycles. The summed E-state index contributed by atoms with van der Waals surface area (Å²) in [7, 11) is 0. The van der Waals surface area contributed by atoms with Gasteiger partial charge < -0.3 is 9.47 Å². The van der Waals surface area contributed by atoms with E-state index in [1.807, 2.05) is 30.3 Å². The first-order chi connectivity index (χ1) is 17.5. The highest BCUT2D eigenvalue weighted by Gasteiger charge is 2.16. The van der Waals surface area contributed by atoms with Gasteiger partial charge >= 0.3 is 6.09 Å². The van der Waals surface area contributed by atoms with Crippen molar-refractivity contribution >= 4 is 34.0 Å². The number of carbonyl (C=O) groups is 2. The molecule has 186 valence electrons. The molecule has 0 unspecified atom stereocenters. The Balaban J connectivity index is 1.32. The first-order valence-electron chi connectivity index (χ1n) is 11.5. The topological polar surface area (TPSA) is 121 Å². The maximum absolute atomic E-state index is 12.7. The van der Waals surface area contributed by atoms with Crippen LogP contribution in [0.3, 0.4) is 0 Å². The summed E-state index contributed by atoms with van der Waals surface area (Å²) in [6.07, 6.45) is -0.0344. The number of nitrogens with one attached hydrogen (secondary N) is 1. The smallest absolute Gasteiger partial charge is 0.412 e. The average Bonchev–Trinajstić information content (AvgIpc) is 3.30. The van der Waals surface area contributed by atoms with Crippen molar-refractivity contribution < 1.29 is 19.1 Å². The van der Waals surface area contributed by atoms with E-state index in [9.17, 15) is 14.9 Å². The molecule has 2 amide bonds. The van der Waals surface area contributed by atoms with Crippen molar-refractivity contribution in [1.29, 1.82) is 5.26 Å². The molecular weight excluding hydrogens is 478 g/mol. The Hall–Kier alpha value is -3.75. The van der Waals surface area contributed by atoms with Crippen LogP contribution in [0, 0.1) is 11.3 Å². The van der Waals surface area contributed by atoms with Crippen molar-refractivity contribution in [3.05, 3.63) is 82.2 Å². The normalized spacial score (nSPS) is 13.6. The minimum absolute atomic E-state index is 0.265. The van der Waals surface area contributed by atoms with E-state index in [4.69, 9.17) is 15.3 Å². The maximum atomic E-state index is 12.7. The molecule has 2 aromatic carbocycles. The van der Waals surface area contributed by atoms with Crippen LogP contribution >= 0.6 is 11.3 Å². The van der Waals surface area contributed by atoms with Crippen LogP contribution in [0.1, 0.15) is 26.4 Å². The number of amides is 2. The summed E-state index contributed by atoms with van der Waals surface area (Å²) < 4.78 is 10.6. The summed E-state index contributed by atoms with van der Waals surface area (Å²) in [6, 6.07) is 20.1. The van der Waals surface area contributed by atoms with E-state index in [1.165, 1.54) is 11.3 Å². The molecule has 1 aliphatic heterocycles. The lowest BCUT2D eigenvalue weighted by atomic mass is 10.1. The highest BCUT2D eigenvalue weighted by molar-refractivity contribution is 7.16. The molecule has 0 radical (unpaired) electrons. The van der Waals surface area contributed by atoms with E-state index >= 15 is 0 Å². The van der Waals surface area contributed by atoms with Gasteiger partial charge in [-0.1, -0.05) is 30.3 Å². The summed E-state index contributed by atoms with van der Waals surface area (Å²) in [5, 5.41) is 13.7. The molecule has 0 saturated carbocycles. The summed E-state index contributed by atoms with van der Waals surface area (Å²) in [6.45, 7) is 3.93. The molecular formula is C26H27N5O4S. The maximum Gasteiger partial charge on any atom is 0.412 e. The van der Waals surface area contributed by atoms with Crippen LogP contribution in [0.4, 0.5) is 15.5 Å². The van der Waals surface area contributed by atoms with Crippen LogP contribution in [0.5, 0.6) is 0 Å². The van der Waals surface area contributed by atoms with Gasteiger partial charge in [0.15, 0.2) is 0 Å². The number of hydrogen-bond donors (Lipinski definition) is 2. The molecule has 0 aliphatic carbocycles. The van der Waals surface area contributed by atoms with Gasteiger partial charge in [0.1, 0.15) is 17.7 Å². The van der Waals surface area contributed by atoms with Crippen LogP contribution < -0.4 is 16.2 Å². The highest BCUT2D eigenvalue weighted by atomic mass is 32.1. The van der Waals surface area contributed by atoms with Gasteiger partial charge in [-0.2, -0.15) is 5.26 Å². The number of hydrogen-bond acceptors (Lipinski definition) is 8. The van der Waals surface area contributed by atoms with E-state index in [2.05, 4.69) is 16.3 Å². The van der Waals surface area contributed by atoms with Crippen molar-refractivity contribution in [2.24, 2.45) is 5.84 Å². The third kappa shape index (κ3) is 6.68. The number of para-hydroxylation sites is 1. The molecule has 1 aromatic heterocycles. The number of nitriles is 1. The molecule has 0 bridgehead atoms. The highest BCUT2D eigenvalue weighted by Crippen LogP contribution is 2.29. The molecule has 4 rings (SSSR count). The van der Waals surface area contributed by atoms with Gasteiger partial charge in [0.2, 0.25) is 0 Å². The predicted molar refractivity (Wildman–Crippen MR) is 138 cm³/mol. The van der Waals surface area contributed by atoms with Gasteiger partial charge in [0.25, 0.3) is 5.91 Å². The first-order valence-corrected chi connectivity index (χ1v) is 12.3. The van der Waals surface area contributed by atoms with E-state index in [-0.39, 0.29) is 12.5 Å². The minimum Gasteiger partial charge on any atom is -0.448 e. The van der Waals surface area contributed by atoms with Gasteiger partial charge in [0.05, 0.1) is 24.5 Å². The number of nitrogens with zero attached hydrogens (tertiary/aromatic N) is 3. The van der Waals surface area contributed by atoms with E-state index in [0.717, 1.165) is 28.5 Å². The van der Waals surface area contributed by atoms with Crippen LogP contribution in [0.25, 0.3) is 0 Å². The zero-order valence-electron chi connectivity index (χ0n) is 19.7. The van der Waals surface area contributed by atoms with Crippen molar-refractivity contribution in [1.82, 2.24) is 4.90 Å². The lowest BCUT2D eigenvalue weighted by Crippen LogP contribution is -2.38. The van der Waals surface area contributed by atoms with Gasteiger partial charge in [-0.3, -0.25) is 15.0 Å². The molecule has 0 atom stereocenters. The van der Waals surface area contributed by atoms with Crippen LogP contribution in [-0.2, 0) is 15.9 Å². The number of carbonyl (C=O) groups excluding carboxylic acids is 2. The van der Waals surface area contributed by atoms with E-state index in [1.54, 1.807) is 30.3 Å². The molecule has 3 N–H and O–H groups in total. The fraction of sp³-hybridized carbons (Fsp3) is 0.269. The Morgan fingerprint density at radius 3 is 2.56 bits per heavy atom. The summed E-state index contributed by atoms with van der Waals surface area (Å²) in [5.74, 6) is 5.67. The second-order valence-electron chi connectivity index (χ2n) is 8.17. The number of hydrazine groups is 1. The lowest BCUT2D eigenvalue weighted by molar-refractivity contribution is 0.0290. The average molecular weight is 506 g/mol. The fourth-order valence-electron chi connectivity index (χ4n) is 3.74. The molecule has 10 heteroatoms. The molecule has 36 heavy (non-hydrogen) atoms. The molecule has 2 heterocycles. The largest absolute Gasteiger partial charge is 0.448 e. The Kier molecular flexibility index (Phi) is 8.65. The van der Waals surface area contributed by atoms with Crippen molar-refractivity contribution in [3.63, 3.8) is 0 Å². The minimum atomic E-state index is -0.583. The third-order valence-corrected chi connectivity index (χ3v) is 6.75. The Morgan fingerprint density at radius 2 is 1.86 bits per heavy atom. The predicted octanol–water partition coefficient (Wildman–Crippen LogP) is 3.61. The van der Waals surface area contributed by atoms with E-state index < -0.39 is 6.09 Å². The zero-order valence-corrected chi connectivity index (χ0v) is 20.5. The first kappa shape index (κ1) is 25.3. The molecule has 0 spiro atoms. The van der Waals surface area contributed by atoms with Crippen LogP contribution in [0.15, 0.2) is 60.7 Å². The quantitative estimate of drug-likeness (QED) is 0.272. The number of nitrogens with two attached hydrogens (primary N) is 1. The molecule has 3 aromatic rings. The SMILES string of the molecule is N#Cc1cc(Cc2ccc(C(=O)N(N)c3ccccc3)cc2)sc1NC(=O)OCCN1CCOCC1. The van der Waals surface area contributed by atoms with Crippen LogP contribution in [-0.4, -0.2) is 56.4 Å². The number of thiophene rings is 1. The number of rotatable bonds is 8. The Bertz CT molecular complexity index is 1220. The summed E-state index contributed by atoms with van der Waals surface area (Å²) >= 11 is 1.32. The van der Waals surface area contributed by atoms with Gasteiger partial charge in [-0.05, 0) is 35.9 Å². The van der Waals surface area contributed by atoms with Crippen molar-refractivity contribution in [2.45, 2.75) is 6.42 Å². The summed E-state index contributed by atoms with van der Waals surface area (Å²) in [5.41, 5.74) is 2.42. The van der Waals surface area contributed by atoms with Crippen molar-refractivity contribution in [2.75, 3.05) is 49.8 Å². The number of morpholine rings is 1. The van der Waals surface area contributed by atoms with Crippen molar-refractivity contribution in [3.8, 4) is 6.07 Å². The number of ether oxygens (including phenoxy) is 2. The van der Waals surface area contributed by atoms with Gasteiger partial charge in [-0.15, -0.1) is 11.3 Å². The second-order valence-corrected chi connectivity index (χ2v) is 9.30. The standard InChI is InChI=1S/C26H27N5O4S/c27-18-21-17-23(36-24(21)29-26(33)35-15-12-30-10-13-34-14-11-30)16-19-6-8-20(9-7-19)25(32)31(28)22-4-2-1-3-5-22/h1-9,17H,10-16,28H2,(H,29,33). The number of benzene rings is 2. The van der Waals surface area contributed by atoms with Gasteiger partial charge in [0, 0.05) is 36.5 Å². The zero-order chi connectivity index (χ0) is 25.3. The molecule has 1 aliphatic rings. The van der Waals surface area contributed by atoms with Gasteiger partial charge in [-0.25, -0.2) is 15.6 Å². The Labute approximate surface area is 213 Å². The lowest BCUT2D eigenvalue weighted by Gasteiger charge is -2.26. The third-order valence-electron chi connectivity index (χ3n) is 5.70. The van der Waals surface area contributed by atoms with E-state index in [0.29, 0.717) is 48.0 Å². The Morgan fingerprint density at radius 1 is 1.14 bits per heavy atom. The summed E-state index contributed by atoms with van der Waals surface area (Å²) in [4.78, 5) is 28.0. The fourth-order valence-corrected chi connectivity index (χ4v) is 4.76.